The molecular formula is C19H25IN6S. The third kappa shape index (κ3) is 6.94. The molecule has 0 fully saturated rings. The van der Waals surface area contributed by atoms with Crippen molar-refractivity contribution in [2.45, 2.75) is 33.5 Å². The highest BCUT2D eigenvalue weighted by Crippen LogP contribution is 2.10. The first-order chi connectivity index (χ1) is 12.7. The van der Waals surface area contributed by atoms with E-state index in [2.05, 4.69) is 68.3 Å². The summed E-state index contributed by atoms with van der Waals surface area (Å²) in [7, 11) is 0. The first-order valence-corrected chi connectivity index (χ1v) is 9.51. The van der Waals surface area contributed by atoms with Crippen LogP contribution >= 0.6 is 35.3 Å². The zero-order valence-corrected chi connectivity index (χ0v) is 18.7. The van der Waals surface area contributed by atoms with Crippen LogP contribution in [-0.2, 0) is 19.6 Å². The van der Waals surface area contributed by atoms with Crippen molar-refractivity contribution in [2.75, 3.05) is 6.54 Å². The van der Waals surface area contributed by atoms with E-state index in [9.17, 15) is 0 Å². The second-order valence-corrected chi connectivity index (χ2v) is 7.28. The molecule has 1 aromatic carbocycles. The molecule has 0 saturated heterocycles. The third-order valence-corrected chi connectivity index (χ3v) is 4.70. The molecule has 6 nitrogen and oxygen atoms in total. The van der Waals surface area contributed by atoms with Gasteiger partial charge in [0.05, 0.1) is 19.4 Å². The van der Waals surface area contributed by atoms with Gasteiger partial charge in [0.25, 0.3) is 0 Å². The molecule has 0 unspecified atom stereocenters. The van der Waals surface area contributed by atoms with E-state index in [0.717, 1.165) is 24.1 Å². The molecule has 2 heterocycles. The summed E-state index contributed by atoms with van der Waals surface area (Å²) in [6.45, 7) is 7.12. The number of hydrogen-bond acceptors (Lipinski definition) is 4. The van der Waals surface area contributed by atoms with Gasteiger partial charge in [0.1, 0.15) is 5.01 Å². The Morgan fingerprint density at radius 3 is 2.59 bits per heavy atom. The minimum atomic E-state index is 0. The third-order valence-electron chi connectivity index (χ3n) is 3.79. The van der Waals surface area contributed by atoms with E-state index >= 15 is 0 Å². The van der Waals surface area contributed by atoms with Crippen molar-refractivity contribution >= 4 is 41.3 Å². The maximum Gasteiger partial charge on any atom is 0.191 e. The summed E-state index contributed by atoms with van der Waals surface area (Å²) in [5, 5.41) is 7.68. The largest absolute Gasteiger partial charge is 0.357 e. The molecule has 3 rings (SSSR count). The van der Waals surface area contributed by atoms with Crippen LogP contribution in [-0.4, -0.2) is 27.0 Å². The normalized spacial score (nSPS) is 11.1. The number of hydrogen-bond donors (Lipinski definition) is 2. The summed E-state index contributed by atoms with van der Waals surface area (Å²) in [4.78, 5) is 14.3. The topological polar surface area (TPSA) is 67.1 Å². The second kappa shape index (κ2) is 11.0. The number of guanidine groups is 1. The van der Waals surface area contributed by atoms with Gasteiger partial charge in [-0.25, -0.2) is 15.0 Å². The number of aromatic nitrogens is 3. The van der Waals surface area contributed by atoms with Crippen molar-refractivity contribution in [3.8, 4) is 0 Å². The second-order valence-electron chi connectivity index (χ2n) is 5.96. The van der Waals surface area contributed by atoms with E-state index in [4.69, 9.17) is 0 Å². The van der Waals surface area contributed by atoms with Gasteiger partial charge in [-0.2, -0.15) is 0 Å². The van der Waals surface area contributed by atoms with Crippen molar-refractivity contribution in [1.82, 2.24) is 25.2 Å². The van der Waals surface area contributed by atoms with E-state index in [1.807, 2.05) is 18.7 Å². The molecule has 0 bridgehead atoms. The number of aliphatic imine (C=N–C) groups is 1. The monoisotopic (exact) mass is 496 g/mol. The standard InChI is InChI=1S/C19H24N6S.HI/c1-3-21-19(24-12-18-22-10-15(2)26-18)23-11-16-4-6-17(7-5-16)13-25-9-8-20-14-25;/h4-10,14H,3,11-13H2,1-2H3,(H2,21,23,24);1H. The first-order valence-electron chi connectivity index (χ1n) is 8.70. The van der Waals surface area contributed by atoms with Gasteiger partial charge >= 0.3 is 0 Å². The lowest BCUT2D eigenvalue weighted by atomic mass is 10.1. The van der Waals surface area contributed by atoms with E-state index in [0.29, 0.717) is 13.1 Å². The van der Waals surface area contributed by atoms with Crippen molar-refractivity contribution in [3.05, 3.63) is 70.2 Å². The van der Waals surface area contributed by atoms with Gasteiger partial charge in [0, 0.05) is 36.6 Å². The summed E-state index contributed by atoms with van der Waals surface area (Å²) in [5.41, 5.74) is 2.43. The predicted octanol–water partition coefficient (Wildman–Crippen LogP) is 3.57. The Morgan fingerprint density at radius 1 is 1.19 bits per heavy atom. The Kier molecular flexibility index (Phi) is 8.73. The lowest BCUT2D eigenvalue weighted by Crippen LogP contribution is -2.36. The first kappa shape index (κ1) is 21.4. The number of aryl methyl sites for hydroxylation is 1. The van der Waals surface area contributed by atoms with Crippen LogP contribution in [0.1, 0.15) is 27.9 Å². The number of halogens is 1. The minimum absolute atomic E-state index is 0. The smallest absolute Gasteiger partial charge is 0.191 e. The molecule has 0 aliphatic rings. The number of benzene rings is 1. The van der Waals surface area contributed by atoms with Crippen LogP contribution in [0.3, 0.4) is 0 Å². The molecule has 8 heteroatoms. The average Bonchev–Trinajstić information content (AvgIpc) is 3.30. The Bertz CT molecular complexity index is 826. The number of thiazole rings is 1. The zero-order valence-electron chi connectivity index (χ0n) is 15.6. The highest BCUT2D eigenvalue weighted by atomic mass is 127. The molecular weight excluding hydrogens is 471 g/mol. The van der Waals surface area contributed by atoms with Crippen molar-refractivity contribution < 1.29 is 0 Å². The molecule has 0 spiro atoms. The van der Waals surface area contributed by atoms with Crippen LogP contribution in [0.25, 0.3) is 0 Å². The highest BCUT2D eigenvalue weighted by Gasteiger charge is 2.02. The van der Waals surface area contributed by atoms with Crippen molar-refractivity contribution in [3.63, 3.8) is 0 Å². The van der Waals surface area contributed by atoms with Gasteiger partial charge in [-0.05, 0) is 25.0 Å². The lowest BCUT2D eigenvalue weighted by molar-refractivity contribution is 0.795. The molecule has 0 saturated carbocycles. The van der Waals surface area contributed by atoms with E-state index in [1.165, 1.54) is 16.0 Å². The molecule has 0 aliphatic carbocycles. The molecule has 0 amide bonds. The van der Waals surface area contributed by atoms with E-state index < -0.39 is 0 Å². The van der Waals surface area contributed by atoms with Crippen LogP contribution < -0.4 is 10.6 Å². The fourth-order valence-electron chi connectivity index (χ4n) is 2.50. The summed E-state index contributed by atoms with van der Waals surface area (Å²) in [6.07, 6.45) is 7.50. The van der Waals surface area contributed by atoms with Crippen LogP contribution in [0.5, 0.6) is 0 Å². The Morgan fingerprint density at radius 2 is 1.96 bits per heavy atom. The molecule has 0 atom stereocenters. The van der Waals surface area contributed by atoms with Crippen molar-refractivity contribution in [1.29, 1.82) is 0 Å². The molecule has 0 aliphatic heterocycles. The molecule has 2 N–H and O–H groups in total. The quantitative estimate of drug-likeness (QED) is 0.298. The fourth-order valence-corrected chi connectivity index (χ4v) is 3.22. The predicted molar refractivity (Wildman–Crippen MR) is 122 cm³/mol. The van der Waals surface area contributed by atoms with Gasteiger partial charge in [-0.3, -0.25) is 0 Å². The Balaban J connectivity index is 0.00000261. The molecule has 0 radical (unpaired) electrons. The van der Waals surface area contributed by atoms with Crippen LogP contribution in [0.15, 0.2) is 54.2 Å². The van der Waals surface area contributed by atoms with Crippen LogP contribution in [0.2, 0.25) is 0 Å². The average molecular weight is 496 g/mol. The summed E-state index contributed by atoms with van der Waals surface area (Å²) < 4.78 is 2.06. The summed E-state index contributed by atoms with van der Waals surface area (Å²) >= 11 is 1.70. The SMILES string of the molecule is CCNC(=NCc1ccc(Cn2ccnc2)cc1)NCc1ncc(C)s1.I. The molecule has 2 aromatic heterocycles. The summed E-state index contributed by atoms with van der Waals surface area (Å²) in [5.74, 6) is 0.808. The number of nitrogens with zero attached hydrogens (tertiary/aromatic N) is 4. The van der Waals surface area contributed by atoms with Gasteiger partial charge in [0.2, 0.25) is 0 Å². The number of rotatable bonds is 7. The van der Waals surface area contributed by atoms with Crippen LogP contribution in [0, 0.1) is 6.92 Å². The van der Waals surface area contributed by atoms with E-state index in [1.54, 1.807) is 17.5 Å². The molecule has 27 heavy (non-hydrogen) atoms. The minimum Gasteiger partial charge on any atom is -0.357 e. The van der Waals surface area contributed by atoms with Crippen molar-refractivity contribution in [2.24, 2.45) is 4.99 Å². The number of imidazole rings is 1. The summed E-state index contributed by atoms with van der Waals surface area (Å²) in [6, 6.07) is 8.54. The number of nitrogens with one attached hydrogen (secondary N) is 2. The molecule has 3 aromatic rings. The maximum atomic E-state index is 4.67. The zero-order chi connectivity index (χ0) is 18.2. The van der Waals surface area contributed by atoms with Crippen LogP contribution in [0.4, 0.5) is 0 Å². The van der Waals surface area contributed by atoms with Gasteiger partial charge < -0.3 is 15.2 Å². The Labute approximate surface area is 181 Å². The van der Waals surface area contributed by atoms with Gasteiger partial charge in [-0.15, -0.1) is 35.3 Å². The highest BCUT2D eigenvalue weighted by molar-refractivity contribution is 14.0. The van der Waals surface area contributed by atoms with Gasteiger partial charge in [-0.1, -0.05) is 24.3 Å². The lowest BCUT2D eigenvalue weighted by Gasteiger charge is -2.10. The van der Waals surface area contributed by atoms with E-state index in [-0.39, 0.29) is 24.0 Å². The van der Waals surface area contributed by atoms with Gasteiger partial charge in [0.15, 0.2) is 5.96 Å². The molecule has 144 valence electrons. The maximum absolute atomic E-state index is 4.67. The Hall–Kier alpha value is -1.94. The fraction of sp³-hybridized carbons (Fsp3) is 0.316.